The van der Waals surface area contributed by atoms with Crippen molar-refractivity contribution in [3.05, 3.63) is 23.8 Å². The number of nitrogens with two attached hydrogens (primary N) is 1. The second-order valence-electron chi connectivity index (χ2n) is 2.68. The average molecular weight is 183 g/mol. The molecule has 0 unspecified atom stereocenters. The van der Waals surface area contributed by atoms with Gasteiger partial charge >= 0.3 is 0 Å². The van der Waals surface area contributed by atoms with E-state index in [1.807, 2.05) is 0 Å². The van der Waals surface area contributed by atoms with Crippen LogP contribution < -0.4 is 10.5 Å². The maximum atomic E-state index is 9.36. The van der Waals surface area contributed by atoms with E-state index in [9.17, 15) is 10.2 Å². The number of hydrogen-bond donors (Lipinski definition) is 3. The zero-order valence-corrected chi connectivity index (χ0v) is 7.40. The van der Waals surface area contributed by atoms with E-state index >= 15 is 0 Å². The van der Waals surface area contributed by atoms with E-state index in [1.54, 1.807) is 12.1 Å². The van der Waals surface area contributed by atoms with Gasteiger partial charge in [0.25, 0.3) is 0 Å². The van der Waals surface area contributed by atoms with Crippen molar-refractivity contribution < 1.29 is 14.9 Å². The fourth-order valence-corrected chi connectivity index (χ4v) is 1.05. The summed E-state index contributed by atoms with van der Waals surface area (Å²) in [5.74, 6) is 0.389. The van der Waals surface area contributed by atoms with Crippen molar-refractivity contribution in [1.29, 1.82) is 0 Å². The number of methoxy groups -OCH3 is 1. The van der Waals surface area contributed by atoms with Crippen LogP contribution in [-0.2, 0) is 0 Å². The van der Waals surface area contributed by atoms with Crippen molar-refractivity contribution in [3.8, 4) is 11.5 Å². The Kier molecular flexibility index (Phi) is 3.11. The summed E-state index contributed by atoms with van der Waals surface area (Å²) in [4.78, 5) is 0. The highest BCUT2D eigenvalue weighted by atomic mass is 16.5. The molecule has 4 N–H and O–H groups in total. The molecule has 0 heterocycles. The predicted molar refractivity (Wildman–Crippen MR) is 48.7 cm³/mol. The summed E-state index contributed by atoms with van der Waals surface area (Å²) in [6.45, 7) is 0.131. The first-order valence-electron chi connectivity index (χ1n) is 3.94. The quantitative estimate of drug-likeness (QED) is 0.633. The monoisotopic (exact) mass is 183 g/mol. The lowest BCUT2D eigenvalue weighted by Crippen LogP contribution is -2.11. The average Bonchev–Trinajstić information content (AvgIpc) is 2.16. The lowest BCUT2D eigenvalue weighted by Gasteiger charge is -2.09. The lowest BCUT2D eigenvalue weighted by molar-refractivity contribution is 0.186. The van der Waals surface area contributed by atoms with Gasteiger partial charge in [0.15, 0.2) is 11.5 Å². The number of hydrogen-bond acceptors (Lipinski definition) is 4. The molecule has 4 heteroatoms. The summed E-state index contributed by atoms with van der Waals surface area (Å²) in [5, 5.41) is 18.7. The van der Waals surface area contributed by atoms with Crippen LogP contribution in [0, 0.1) is 0 Å². The molecule has 13 heavy (non-hydrogen) atoms. The van der Waals surface area contributed by atoms with Gasteiger partial charge in [-0.15, -0.1) is 0 Å². The van der Waals surface area contributed by atoms with Gasteiger partial charge in [-0.05, 0) is 17.7 Å². The van der Waals surface area contributed by atoms with E-state index in [0.29, 0.717) is 11.3 Å². The molecule has 0 saturated carbocycles. The van der Waals surface area contributed by atoms with E-state index in [4.69, 9.17) is 10.5 Å². The van der Waals surface area contributed by atoms with Crippen LogP contribution in [0.25, 0.3) is 0 Å². The Morgan fingerprint density at radius 2 is 2.23 bits per heavy atom. The molecule has 0 aliphatic rings. The van der Waals surface area contributed by atoms with Crippen LogP contribution in [0.2, 0.25) is 0 Å². The normalized spacial score (nSPS) is 12.5. The number of rotatable bonds is 3. The molecule has 0 aromatic heterocycles. The van der Waals surface area contributed by atoms with Gasteiger partial charge in [-0.1, -0.05) is 6.07 Å². The third-order valence-corrected chi connectivity index (χ3v) is 1.81. The first-order chi connectivity index (χ1) is 6.19. The highest BCUT2D eigenvalue weighted by Gasteiger charge is 2.08. The summed E-state index contributed by atoms with van der Waals surface area (Å²) >= 11 is 0. The summed E-state index contributed by atoms with van der Waals surface area (Å²) in [6, 6.07) is 4.69. The van der Waals surface area contributed by atoms with Crippen LogP contribution in [0.15, 0.2) is 18.2 Å². The third-order valence-electron chi connectivity index (χ3n) is 1.81. The fraction of sp³-hybridized carbons (Fsp3) is 0.333. The van der Waals surface area contributed by atoms with E-state index in [1.165, 1.54) is 13.2 Å². The molecular weight excluding hydrogens is 170 g/mol. The van der Waals surface area contributed by atoms with Crippen molar-refractivity contribution in [2.45, 2.75) is 6.10 Å². The van der Waals surface area contributed by atoms with Gasteiger partial charge in [0, 0.05) is 6.54 Å². The SMILES string of the molecule is COc1ccc([C@H](O)CN)cc1O. The number of phenols is 1. The summed E-state index contributed by atoms with van der Waals surface area (Å²) in [7, 11) is 1.47. The van der Waals surface area contributed by atoms with Gasteiger partial charge < -0.3 is 20.7 Å². The first-order valence-corrected chi connectivity index (χ1v) is 3.94. The van der Waals surface area contributed by atoms with Gasteiger partial charge in [-0.25, -0.2) is 0 Å². The fourth-order valence-electron chi connectivity index (χ4n) is 1.05. The minimum Gasteiger partial charge on any atom is -0.504 e. The predicted octanol–water partition coefficient (Wildman–Crippen LogP) is 0.393. The number of aliphatic hydroxyl groups excluding tert-OH is 1. The smallest absolute Gasteiger partial charge is 0.160 e. The Bertz CT molecular complexity index is 288. The highest BCUT2D eigenvalue weighted by Crippen LogP contribution is 2.28. The number of phenolic OH excluding ortho intramolecular Hbond substituents is 1. The molecule has 0 aliphatic heterocycles. The lowest BCUT2D eigenvalue weighted by atomic mass is 10.1. The van der Waals surface area contributed by atoms with E-state index < -0.39 is 6.10 Å². The van der Waals surface area contributed by atoms with Crippen LogP contribution in [0.1, 0.15) is 11.7 Å². The highest BCUT2D eigenvalue weighted by molar-refractivity contribution is 5.42. The molecule has 0 aliphatic carbocycles. The minimum absolute atomic E-state index is 0.00694. The Labute approximate surface area is 76.6 Å². The zero-order chi connectivity index (χ0) is 9.84. The first kappa shape index (κ1) is 9.83. The number of aliphatic hydroxyl groups is 1. The molecule has 0 fully saturated rings. The second-order valence-corrected chi connectivity index (χ2v) is 2.68. The molecule has 0 bridgehead atoms. The van der Waals surface area contributed by atoms with Gasteiger partial charge in [0.1, 0.15) is 0 Å². The summed E-state index contributed by atoms with van der Waals surface area (Å²) in [6.07, 6.45) is -0.739. The molecule has 0 saturated heterocycles. The van der Waals surface area contributed by atoms with Gasteiger partial charge in [-0.3, -0.25) is 0 Å². The van der Waals surface area contributed by atoms with Crippen LogP contribution in [0.3, 0.4) is 0 Å². The Hall–Kier alpha value is -1.26. The molecule has 72 valence electrons. The standard InChI is InChI=1S/C9H13NO3/c1-13-9-3-2-6(4-7(9)11)8(12)5-10/h2-4,8,11-12H,5,10H2,1H3/t8-/m1/s1. The summed E-state index contributed by atoms with van der Waals surface area (Å²) < 4.78 is 4.85. The topological polar surface area (TPSA) is 75.7 Å². The Balaban J connectivity index is 2.95. The molecule has 4 nitrogen and oxygen atoms in total. The number of ether oxygens (including phenoxy) is 1. The molecule has 1 aromatic carbocycles. The Morgan fingerprint density at radius 3 is 2.69 bits per heavy atom. The van der Waals surface area contributed by atoms with Crippen LogP contribution in [0.4, 0.5) is 0 Å². The van der Waals surface area contributed by atoms with Crippen molar-refractivity contribution in [3.63, 3.8) is 0 Å². The van der Waals surface area contributed by atoms with Crippen molar-refractivity contribution in [1.82, 2.24) is 0 Å². The number of benzene rings is 1. The van der Waals surface area contributed by atoms with Crippen molar-refractivity contribution in [2.24, 2.45) is 5.73 Å². The largest absolute Gasteiger partial charge is 0.504 e. The zero-order valence-electron chi connectivity index (χ0n) is 7.40. The van der Waals surface area contributed by atoms with Crippen molar-refractivity contribution >= 4 is 0 Å². The summed E-state index contributed by atoms with van der Waals surface area (Å²) in [5.41, 5.74) is 5.85. The third kappa shape index (κ3) is 2.11. The molecule has 0 radical (unpaired) electrons. The molecule has 1 atom stereocenters. The molecular formula is C9H13NO3. The van der Waals surface area contributed by atoms with Crippen LogP contribution in [-0.4, -0.2) is 23.9 Å². The molecule has 0 spiro atoms. The van der Waals surface area contributed by atoms with E-state index in [-0.39, 0.29) is 12.3 Å². The minimum atomic E-state index is -0.739. The number of aromatic hydroxyl groups is 1. The van der Waals surface area contributed by atoms with E-state index in [2.05, 4.69) is 0 Å². The maximum Gasteiger partial charge on any atom is 0.160 e. The van der Waals surface area contributed by atoms with Gasteiger partial charge in [0.2, 0.25) is 0 Å². The molecule has 0 amide bonds. The van der Waals surface area contributed by atoms with Crippen molar-refractivity contribution in [2.75, 3.05) is 13.7 Å². The Morgan fingerprint density at radius 1 is 1.54 bits per heavy atom. The van der Waals surface area contributed by atoms with Crippen LogP contribution in [0.5, 0.6) is 11.5 Å². The maximum absolute atomic E-state index is 9.36. The van der Waals surface area contributed by atoms with Gasteiger partial charge in [-0.2, -0.15) is 0 Å². The molecule has 1 aromatic rings. The van der Waals surface area contributed by atoms with Crippen LogP contribution >= 0.6 is 0 Å². The van der Waals surface area contributed by atoms with Gasteiger partial charge in [0.05, 0.1) is 13.2 Å². The molecule has 1 rings (SSSR count). The second kappa shape index (κ2) is 4.11. The van der Waals surface area contributed by atoms with E-state index in [0.717, 1.165) is 0 Å².